The third kappa shape index (κ3) is 6.27. The first kappa shape index (κ1) is 30.6. The van der Waals surface area contributed by atoms with Crippen molar-refractivity contribution < 1.29 is 4.42 Å². The molecular weight excluding hydrogens is 617 g/mol. The molecule has 0 aliphatic carbocycles. The monoisotopic (exact) mass is 652 g/mol. The van der Waals surface area contributed by atoms with Gasteiger partial charge in [-0.2, -0.15) is 0 Å². The van der Waals surface area contributed by atoms with Crippen LogP contribution in [0.5, 0.6) is 0 Å². The summed E-state index contributed by atoms with van der Waals surface area (Å²) in [6, 6.07) is 69.9. The Morgan fingerprint density at radius 1 is 0.294 bits per heavy atom. The predicted octanol–water partition coefficient (Wildman–Crippen LogP) is 13.7. The molecule has 0 radical (unpaired) electrons. The third-order valence-corrected chi connectivity index (χ3v) is 9.96. The molecule has 0 saturated carbocycles. The Hall–Kier alpha value is -6.44. The molecule has 0 N–H and O–H groups in total. The normalized spacial score (nSPS) is 11.3. The highest BCUT2D eigenvalue weighted by molar-refractivity contribution is 6.12. The summed E-state index contributed by atoms with van der Waals surface area (Å²) < 4.78 is 6.78. The number of fused-ring (bicyclic) bond motifs is 3. The molecule has 242 valence electrons. The molecule has 0 aliphatic heterocycles. The van der Waals surface area contributed by atoms with Crippen molar-refractivity contribution in [1.29, 1.82) is 0 Å². The molecule has 1 aromatic heterocycles. The van der Waals surface area contributed by atoms with Crippen LogP contribution in [-0.2, 0) is 12.8 Å². The zero-order valence-electron chi connectivity index (χ0n) is 28.3. The number of hydrogen-bond donors (Lipinski definition) is 0. The zero-order valence-corrected chi connectivity index (χ0v) is 28.3. The maximum Gasteiger partial charge on any atom is 0.143 e. The zero-order chi connectivity index (χ0) is 34.0. The van der Waals surface area contributed by atoms with Crippen molar-refractivity contribution in [2.45, 2.75) is 12.8 Å². The summed E-state index contributed by atoms with van der Waals surface area (Å²) in [6.07, 6.45) is 1.98. The first-order valence-electron chi connectivity index (χ1n) is 17.7. The van der Waals surface area contributed by atoms with E-state index in [0.717, 1.165) is 40.3 Å². The molecule has 0 spiro atoms. The van der Waals surface area contributed by atoms with Gasteiger partial charge in [-0.25, -0.2) is 0 Å². The van der Waals surface area contributed by atoms with Gasteiger partial charge in [0.15, 0.2) is 0 Å². The Morgan fingerprint density at radius 2 is 0.765 bits per heavy atom. The summed E-state index contributed by atoms with van der Waals surface area (Å²) in [5.74, 6) is 0. The highest BCUT2D eigenvalue weighted by Gasteiger charge is 2.17. The van der Waals surface area contributed by atoms with Gasteiger partial charge in [0.25, 0.3) is 0 Å². The van der Waals surface area contributed by atoms with Crippen LogP contribution in [0.25, 0.3) is 77.6 Å². The molecule has 51 heavy (non-hydrogen) atoms. The number of hydrogen-bond acceptors (Lipinski definition) is 1. The molecule has 0 saturated heterocycles. The van der Waals surface area contributed by atoms with E-state index in [1.54, 1.807) is 0 Å². The van der Waals surface area contributed by atoms with Crippen LogP contribution >= 0.6 is 0 Å². The lowest BCUT2D eigenvalue weighted by Crippen LogP contribution is -1.92. The molecule has 0 amide bonds. The number of rotatable bonds is 8. The summed E-state index contributed by atoms with van der Waals surface area (Å²) >= 11 is 0. The van der Waals surface area contributed by atoms with E-state index in [4.69, 9.17) is 4.42 Å². The minimum Gasteiger partial charge on any atom is -0.455 e. The van der Waals surface area contributed by atoms with Crippen LogP contribution in [0, 0.1) is 0 Å². The fourth-order valence-corrected chi connectivity index (χ4v) is 7.28. The predicted molar refractivity (Wildman–Crippen MR) is 215 cm³/mol. The van der Waals surface area contributed by atoms with E-state index in [1.807, 2.05) is 0 Å². The smallest absolute Gasteiger partial charge is 0.143 e. The molecule has 0 bridgehead atoms. The van der Waals surface area contributed by atoms with Crippen molar-refractivity contribution >= 4 is 21.9 Å². The SMILES string of the molecule is c1ccc(CCc2cccc(-c3cc(-c4cccc(-c5ccccc5)c4)cc4c3oc3ccc(-c5cccc(-c6ccccc6)c5)cc34)c2)cc1. The lowest BCUT2D eigenvalue weighted by Gasteiger charge is -2.11. The Bertz CT molecular complexity index is 2610. The molecule has 8 aromatic carbocycles. The van der Waals surface area contributed by atoms with Gasteiger partial charge < -0.3 is 4.42 Å². The van der Waals surface area contributed by atoms with Gasteiger partial charge in [-0.05, 0) is 110 Å². The van der Waals surface area contributed by atoms with E-state index in [-0.39, 0.29) is 0 Å². The summed E-state index contributed by atoms with van der Waals surface area (Å²) in [5.41, 5.74) is 16.3. The molecule has 1 heteroatoms. The number of benzene rings is 8. The quantitative estimate of drug-likeness (QED) is 0.159. The maximum atomic E-state index is 6.78. The first-order chi connectivity index (χ1) is 25.2. The van der Waals surface area contributed by atoms with Crippen molar-refractivity contribution in [2.24, 2.45) is 0 Å². The van der Waals surface area contributed by atoms with Crippen LogP contribution in [0.3, 0.4) is 0 Å². The Balaban J connectivity index is 1.19. The fraction of sp³-hybridized carbons (Fsp3) is 0.0400. The number of furan rings is 1. The highest BCUT2D eigenvalue weighted by Crippen LogP contribution is 2.42. The Labute approximate surface area is 299 Å². The van der Waals surface area contributed by atoms with E-state index >= 15 is 0 Å². The summed E-state index contributed by atoms with van der Waals surface area (Å²) in [7, 11) is 0. The lowest BCUT2D eigenvalue weighted by molar-refractivity contribution is 0.670. The second-order valence-corrected chi connectivity index (χ2v) is 13.3. The Kier molecular flexibility index (Phi) is 8.08. The molecule has 0 unspecified atom stereocenters. The average Bonchev–Trinajstić information content (AvgIpc) is 3.59. The minimum absolute atomic E-state index is 0.893. The van der Waals surface area contributed by atoms with Crippen LogP contribution in [0.1, 0.15) is 11.1 Å². The maximum absolute atomic E-state index is 6.78. The van der Waals surface area contributed by atoms with Gasteiger partial charge in [-0.15, -0.1) is 0 Å². The van der Waals surface area contributed by atoms with E-state index < -0.39 is 0 Å². The summed E-state index contributed by atoms with van der Waals surface area (Å²) in [6.45, 7) is 0. The van der Waals surface area contributed by atoms with Gasteiger partial charge >= 0.3 is 0 Å². The van der Waals surface area contributed by atoms with E-state index in [1.165, 1.54) is 61.2 Å². The van der Waals surface area contributed by atoms with Crippen LogP contribution in [0.4, 0.5) is 0 Å². The minimum atomic E-state index is 0.893. The largest absolute Gasteiger partial charge is 0.455 e. The molecule has 0 aliphatic rings. The van der Waals surface area contributed by atoms with Gasteiger partial charge in [-0.3, -0.25) is 0 Å². The molecule has 9 aromatic rings. The van der Waals surface area contributed by atoms with Crippen molar-refractivity contribution in [3.05, 3.63) is 205 Å². The Morgan fingerprint density at radius 3 is 1.43 bits per heavy atom. The van der Waals surface area contributed by atoms with Gasteiger partial charge in [0, 0.05) is 16.3 Å². The van der Waals surface area contributed by atoms with Gasteiger partial charge in [-0.1, -0.05) is 158 Å². The molecule has 0 atom stereocenters. The van der Waals surface area contributed by atoms with Crippen molar-refractivity contribution in [1.82, 2.24) is 0 Å². The second-order valence-electron chi connectivity index (χ2n) is 13.3. The van der Waals surface area contributed by atoms with Crippen molar-refractivity contribution in [3.8, 4) is 55.6 Å². The molecular formula is C50H36O. The van der Waals surface area contributed by atoms with Crippen LogP contribution in [0.15, 0.2) is 199 Å². The first-order valence-corrected chi connectivity index (χ1v) is 17.7. The van der Waals surface area contributed by atoms with Gasteiger partial charge in [0.05, 0.1) is 0 Å². The van der Waals surface area contributed by atoms with E-state index in [9.17, 15) is 0 Å². The van der Waals surface area contributed by atoms with Gasteiger partial charge in [0.2, 0.25) is 0 Å². The van der Waals surface area contributed by atoms with Gasteiger partial charge in [0.1, 0.15) is 11.2 Å². The van der Waals surface area contributed by atoms with E-state index in [0.29, 0.717) is 0 Å². The van der Waals surface area contributed by atoms with Crippen LogP contribution < -0.4 is 0 Å². The second kappa shape index (κ2) is 13.5. The topological polar surface area (TPSA) is 13.1 Å². The standard InChI is InChI=1S/C50H36O/c1-4-13-35(14-5-1)25-26-36-15-10-24-44(29-36)46-33-45(42-23-12-21-40(31-42)38-18-8-3-9-19-38)34-48-47-32-43(27-28-49(47)51-50(46)48)41-22-11-20-39(30-41)37-16-6-2-7-17-37/h1-24,27-34H,25-26H2. The van der Waals surface area contributed by atoms with Crippen molar-refractivity contribution in [3.63, 3.8) is 0 Å². The third-order valence-electron chi connectivity index (χ3n) is 9.96. The molecule has 9 rings (SSSR count). The van der Waals surface area contributed by atoms with Crippen molar-refractivity contribution in [2.75, 3.05) is 0 Å². The highest BCUT2D eigenvalue weighted by atomic mass is 16.3. The molecule has 0 fully saturated rings. The molecule has 1 heterocycles. The fourth-order valence-electron chi connectivity index (χ4n) is 7.28. The summed E-state index contributed by atoms with van der Waals surface area (Å²) in [5, 5.41) is 2.24. The van der Waals surface area contributed by atoms with Crippen LogP contribution in [0.2, 0.25) is 0 Å². The van der Waals surface area contributed by atoms with Crippen LogP contribution in [-0.4, -0.2) is 0 Å². The number of aryl methyl sites for hydroxylation is 2. The lowest BCUT2D eigenvalue weighted by atomic mass is 9.92. The van der Waals surface area contributed by atoms with E-state index in [2.05, 4.69) is 194 Å². The summed E-state index contributed by atoms with van der Waals surface area (Å²) in [4.78, 5) is 0. The average molecular weight is 653 g/mol. The molecule has 1 nitrogen and oxygen atoms in total.